The molecule has 7 nitrogen and oxygen atoms in total. The number of benzene rings is 2. The third-order valence-corrected chi connectivity index (χ3v) is 5.42. The lowest BCUT2D eigenvalue weighted by Gasteiger charge is -2.26. The predicted molar refractivity (Wildman–Crippen MR) is 129 cm³/mol. The second-order valence-corrected chi connectivity index (χ2v) is 7.88. The Balaban J connectivity index is 0.00000289. The van der Waals surface area contributed by atoms with Crippen LogP contribution < -0.4 is 10.6 Å². The number of hydrogen-bond acceptors (Lipinski definition) is 6. The first-order valence-electron chi connectivity index (χ1n) is 11.0. The Morgan fingerprint density at radius 2 is 1.72 bits per heavy atom. The second-order valence-electron chi connectivity index (χ2n) is 7.88. The minimum atomic E-state index is -0.0484. The number of carbonyl (C=O) groups excluding carboxylic acids is 1. The van der Waals surface area contributed by atoms with Crippen LogP contribution in [0.15, 0.2) is 59.0 Å². The van der Waals surface area contributed by atoms with E-state index in [0.29, 0.717) is 18.3 Å². The van der Waals surface area contributed by atoms with Crippen molar-refractivity contribution in [2.24, 2.45) is 0 Å². The van der Waals surface area contributed by atoms with Crippen molar-refractivity contribution in [3.8, 4) is 11.5 Å². The van der Waals surface area contributed by atoms with Crippen LogP contribution in [-0.2, 0) is 11.2 Å². The van der Waals surface area contributed by atoms with E-state index in [-0.39, 0.29) is 18.3 Å². The number of aromatic nitrogens is 2. The molecule has 1 saturated heterocycles. The zero-order valence-electron chi connectivity index (χ0n) is 18.1. The highest BCUT2D eigenvalue weighted by Gasteiger charge is 2.11. The second kappa shape index (κ2) is 12.2. The average Bonchev–Trinajstić information content (AvgIpc) is 3.27. The normalized spacial score (nSPS) is 13.9. The van der Waals surface area contributed by atoms with E-state index in [1.54, 1.807) is 0 Å². The van der Waals surface area contributed by atoms with Crippen LogP contribution in [0.2, 0.25) is 0 Å². The summed E-state index contributed by atoms with van der Waals surface area (Å²) < 4.78 is 5.73. The molecule has 2 aromatic carbocycles. The summed E-state index contributed by atoms with van der Waals surface area (Å²) in [6.45, 7) is 4.34. The number of nitrogens with one attached hydrogen (secondary N) is 2. The molecule has 1 aliphatic heterocycles. The third-order valence-electron chi connectivity index (χ3n) is 5.42. The summed E-state index contributed by atoms with van der Waals surface area (Å²) in [6, 6.07) is 17.5. The van der Waals surface area contributed by atoms with Gasteiger partial charge in [0.25, 0.3) is 0 Å². The van der Waals surface area contributed by atoms with Gasteiger partial charge in [0.15, 0.2) is 0 Å². The lowest BCUT2D eigenvalue weighted by atomic mass is 10.1. The molecule has 0 atom stereocenters. The van der Waals surface area contributed by atoms with Gasteiger partial charge in [-0.2, -0.15) is 0 Å². The monoisotopic (exact) mass is 455 g/mol. The molecule has 2 N–H and O–H groups in total. The van der Waals surface area contributed by atoms with Gasteiger partial charge in [0, 0.05) is 17.8 Å². The van der Waals surface area contributed by atoms with Crippen LogP contribution in [0.3, 0.4) is 0 Å². The Labute approximate surface area is 195 Å². The lowest BCUT2D eigenvalue weighted by molar-refractivity contribution is -0.115. The van der Waals surface area contributed by atoms with E-state index >= 15 is 0 Å². The van der Waals surface area contributed by atoms with Crippen molar-refractivity contribution in [2.45, 2.75) is 32.1 Å². The molecular weight excluding hydrogens is 426 g/mol. The summed E-state index contributed by atoms with van der Waals surface area (Å²) in [4.78, 5) is 14.7. The minimum absolute atomic E-state index is 0. The molecule has 8 heteroatoms. The summed E-state index contributed by atoms with van der Waals surface area (Å²) in [5.74, 6) is 0.411. The van der Waals surface area contributed by atoms with Gasteiger partial charge < -0.3 is 20.0 Å². The molecule has 0 saturated carbocycles. The molecule has 0 radical (unpaired) electrons. The molecule has 1 amide bonds. The fraction of sp³-hybridized carbons (Fsp3) is 0.375. The van der Waals surface area contributed by atoms with Crippen LogP contribution in [0, 0.1) is 0 Å². The van der Waals surface area contributed by atoms with Gasteiger partial charge in [-0.3, -0.25) is 4.79 Å². The van der Waals surface area contributed by atoms with Crippen molar-refractivity contribution >= 4 is 30.0 Å². The van der Waals surface area contributed by atoms with Crippen LogP contribution >= 0.6 is 12.4 Å². The van der Waals surface area contributed by atoms with Crippen molar-refractivity contribution in [3.05, 3.63) is 60.2 Å². The van der Waals surface area contributed by atoms with Crippen molar-refractivity contribution in [1.82, 2.24) is 15.1 Å². The molecule has 2 heterocycles. The standard InChI is InChI=1S/C24H29N5O2.ClH/c30-22(18-19-8-3-1-4-9-19)26-21-12-10-20(11-13-21)23-27-28-24(31-23)25-14-7-17-29-15-5-2-6-16-29;/h1,3-4,8-13H,2,5-7,14-18H2,(H,25,28)(H,26,30);1H. The van der Waals surface area contributed by atoms with Crippen LogP contribution in [0.5, 0.6) is 0 Å². The van der Waals surface area contributed by atoms with Gasteiger partial charge in [-0.05, 0) is 68.7 Å². The maximum atomic E-state index is 12.2. The summed E-state index contributed by atoms with van der Waals surface area (Å²) in [6.07, 6.45) is 5.39. The molecule has 0 unspecified atom stereocenters. The predicted octanol–water partition coefficient (Wildman–Crippen LogP) is 4.63. The van der Waals surface area contributed by atoms with Gasteiger partial charge in [0.2, 0.25) is 11.8 Å². The number of piperidine rings is 1. The number of amides is 1. The topological polar surface area (TPSA) is 83.3 Å². The summed E-state index contributed by atoms with van der Waals surface area (Å²) >= 11 is 0. The number of likely N-dealkylation sites (tertiary alicyclic amines) is 1. The molecule has 4 rings (SSSR count). The van der Waals surface area contributed by atoms with Gasteiger partial charge in [-0.1, -0.05) is 41.9 Å². The maximum Gasteiger partial charge on any atom is 0.315 e. The fourth-order valence-electron chi connectivity index (χ4n) is 3.77. The van der Waals surface area contributed by atoms with Gasteiger partial charge in [-0.25, -0.2) is 0 Å². The smallest absolute Gasteiger partial charge is 0.315 e. The zero-order valence-corrected chi connectivity index (χ0v) is 18.9. The van der Waals surface area contributed by atoms with E-state index in [1.165, 1.54) is 32.4 Å². The Kier molecular flexibility index (Phi) is 9.07. The summed E-state index contributed by atoms with van der Waals surface area (Å²) in [7, 11) is 0. The number of carbonyl (C=O) groups is 1. The number of halogens is 1. The van der Waals surface area contributed by atoms with E-state index in [4.69, 9.17) is 4.42 Å². The van der Waals surface area contributed by atoms with Gasteiger partial charge >= 0.3 is 6.01 Å². The first kappa shape index (κ1) is 23.8. The number of anilines is 2. The van der Waals surface area contributed by atoms with Crippen LogP contribution in [-0.4, -0.2) is 47.2 Å². The Morgan fingerprint density at radius 1 is 0.969 bits per heavy atom. The average molecular weight is 456 g/mol. The van der Waals surface area contributed by atoms with E-state index in [0.717, 1.165) is 36.3 Å². The highest BCUT2D eigenvalue weighted by Crippen LogP contribution is 2.22. The Morgan fingerprint density at radius 3 is 2.47 bits per heavy atom. The minimum Gasteiger partial charge on any atom is -0.403 e. The highest BCUT2D eigenvalue weighted by atomic mass is 35.5. The van der Waals surface area contributed by atoms with E-state index in [1.807, 2.05) is 54.6 Å². The number of hydrogen-bond donors (Lipinski definition) is 2. The number of rotatable bonds is 9. The van der Waals surface area contributed by atoms with Gasteiger partial charge in [-0.15, -0.1) is 17.5 Å². The summed E-state index contributed by atoms with van der Waals surface area (Å²) in [5.41, 5.74) is 2.54. The van der Waals surface area contributed by atoms with Gasteiger partial charge in [0.05, 0.1) is 6.42 Å². The largest absolute Gasteiger partial charge is 0.403 e. The molecule has 1 fully saturated rings. The van der Waals surface area contributed by atoms with Crippen molar-refractivity contribution in [3.63, 3.8) is 0 Å². The molecule has 0 bridgehead atoms. The SMILES string of the molecule is Cl.O=C(Cc1ccccc1)Nc1ccc(-c2nnc(NCCCN3CCCCC3)o2)cc1. The molecular formula is C24H30ClN5O2. The zero-order chi connectivity index (χ0) is 21.3. The van der Waals surface area contributed by atoms with Crippen molar-refractivity contribution in [2.75, 3.05) is 36.8 Å². The molecule has 1 aromatic heterocycles. The molecule has 1 aliphatic rings. The third kappa shape index (κ3) is 7.07. The highest BCUT2D eigenvalue weighted by molar-refractivity contribution is 5.92. The van der Waals surface area contributed by atoms with Crippen LogP contribution in [0.1, 0.15) is 31.2 Å². The fourth-order valence-corrected chi connectivity index (χ4v) is 3.77. The van der Waals surface area contributed by atoms with Gasteiger partial charge in [0.1, 0.15) is 0 Å². The molecule has 3 aromatic rings. The molecule has 0 aliphatic carbocycles. The van der Waals surface area contributed by atoms with E-state index in [2.05, 4.69) is 25.7 Å². The summed E-state index contributed by atoms with van der Waals surface area (Å²) in [5, 5.41) is 14.3. The molecule has 32 heavy (non-hydrogen) atoms. The first-order chi connectivity index (χ1) is 15.3. The van der Waals surface area contributed by atoms with Crippen molar-refractivity contribution < 1.29 is 9.21 Å². The van der Waals surface area contributed by atoms with Crippen LogP contribution in [0.4, 0.5) is 11.7 Å². The molecule has 0 spiro atoms. The van der Waals surface area contributed by atoms with Crippen LogP contribution in [0.25, 0.3) is 11.5 Å². The first-order valence-corrected chi connectivity index (χ1v) is 11.0. The number of nitrogens with zero attached hydrogens (tertiary/aromatic N) is 3. The lowest BCUT2D eigenvalue weighted by Crippen LogP contribution is -2.31. The van der Waals surface area contributed by atoms with E-state index < -0.39 is 0 Å². The Bertz CT molecular complexity index is 956. The van der Waals surface area contributed by atoms with Crippen molar-refractivity contribution in [1.29, 1.82) is 0 Å². The maximum absolute atomic E-state index is 12.2. The van der Waals surface area contributed by atoms with E-state index in [9.17, 15) is 4.79 Å². The quantitative estimate of drug-likeness (QED) is 0.458. The Hall–Kier alpha value is -2.90. The molecule has 170 valence electrons.